The predicted octanol–water partition coefficient (Wildman–Crippen LogP) is 3.80. The molecule has 0 saturated carbocycles. The van der Waals surface area contributed by atoms with Gasteiger partial charge in [0.2, 0.25) is 3.42 Å². The van der Waals surface area contributed by atoms with Crippen LogP contribution >= 0.6 is 47.8 Å². The second-order valence-electron chi connectivity index (χ2n) is 2.71. The molecule has 13 heavy (non-hydrogen) atoms. The number of hydrogen-bond donors (Lipinski definition) is 0. The highest BCUT2D eigenvalue weighted by Gasteiger charge is 2.28. The van der Waals surface area contributed by atoms with Crippen molar-refractivity contribution in [3.63, 3.8) is 0 Å². The molecule has 0 spiro atoms. The van der Waals surface area contributed by atoms with Crippen LogP contribution in [-0.4, -0.2) is 14.7 Å². The third kappa shape index (κ3) is 5.37. The van der Waals surface area contributed by atoms with Crippen molar-refractivity contribution in [1.29, 1.82) is 0 Å². The lowest BCUT2D eigenvalue weighted by molar-refractivity contribution is -0.150. The first-order valence-corrected chi connectivity index (χ1v) is 6.84. The smallest absolute Gasteiger partial charge is 0.311 e. The van der Waals surface area contributed by atoms with Gasteiger partial charge < -0.3 is 4.74 Å². The van der Waals surface area contributed by atoms with Gasteiger partial charge in [-0.3, -0.25) is 4.79 Å². The summed E-state index contributed by atoms with van der Waals surface area (Å²) in [6.07, 6.45) is 1.63. The summed E-state index contributed by atoms with van der Waals surface area (Å²) in [6.45, 7) is 3.96. The van der Waals surface area contributed by atoms with E-state index in [1.54, 1.807) is 0 Å². The minimum atomic E-state index is -0.764. The van der Waals surface area contributed by atoms with E-state index in [0.717, 1.165) is 12.8 Å². The Morgan fingerprint density at radius 3 is 2.15 bits per heavy atom. The van der Waals surface area contributed by atoms with Gasteiger partial charge >= 0.3 is 5.97 Å². The topological polar surface area (TPSA) is 26.3 Å². The van der Waals surface area contributed by atoms with Crippen molar-refractivity contribution in [1.82, 2.24) is 0 Å². The first-order valence-electron chi connectivity index (χ1n) is 4.13. The van der Waals surface area contributed by atoms with Gasteiger partial charge in [-0.25, -0.2) is 0 Å². The number of ether oxygens (including phenoxy) is 1. The zero-order chi connectivity index (χ0) is 10.5. The number of hydrogen-bond acceptors (Lipinski definition) is 2. The van der Waals surface area contributed by atoms with Crippen LogP contribution in [0.3, 0.4) is 0 Å². The largest absolute Gasteiger partial charge is 0.436 e. The summed E-state index contributed by atoms with van der Waals surface area (Å²) in [4.78, 5) is 11.5. The Morgan fingerprint density at radius 1 is 1.38 bits per heavy atom. The highest BCUT2D eigenvalue weighted by molar-refractivity contribution is 9.26. The number of carbonyl (C=O) groups is 1. The van der Waals surface area contributed by atoms with Crippen LogP contribution in [0.2, 0.25) is 0 Å². The van der Waals surface area contributed by atoms with Crippen LogP contribution in [0.4, 0.5) is 0 Å². The Kier molecular flexibility index (Phi) is 6.85. The maximum Gasteiger partial charge on any atom is 0.311 e. The molecule has 0 bridgehead atoms. The molecule has 0 amide bonds. The third-order valence-electron chi connectivity index (χ3n) is 1.72. The van der Waals surface area contributed by atoms with E-state index in [1.165, 1.54) is 0 Å². The van der Waals surface area contributed by atoms with Gasteiger partial charge in [0.25, 0.3) is 0 Å². The van der Waals surface area contributed by atoms with Crippen LogP contribution in [0, 0.1) is 5.92 Å². The minimum Gasteiger partial charge on any atom is -0.436 e. The van der Waals surface area contributed by atoms with E-state index in [0.29, 0.717) is 5.33 Å². The summed E-state index contributed by atoms with van der Waals surface area (Å²) >= 11 is 9.69. The molecule has 0 aliphatic rings. The average molecular weight is 381 g/mol. The number of alkyl halides is 3. The zero-order valence-electron chi connectivity index (χ0n) is 7.65. The summed E-state index contributed by atoms with van der Waals surface area (Å²) in [5, 5.41) is 0.506. The van der Waals surface area contributed by atoms with Gasteiger partial charge in [0.15, 0.2) is 0 Å². The molecule has 0 heterocycles. The van der Waals surface area contributed by atoms with Crippen molar-refractivity contribution >= 4 is 53.8 Å². The number of carbonyl (C=O) groups excluding carboxylic acids is 1. The zero-order valence-corrected chi connectivity index (χ0v) is 12.4. The molecule has 0 radical (unpaired) electrons. The summed E-state index contributed by atoms with van der Waals surface area (Å²) in [7, 11) is 0. The van der Waals surface area contributed by atoms with Crippen molar-refractivity contribution in [2.45, 2.75) is 30.1 Å². The van der Waals surface area contributed by atoms with Gasteiger partial charge in [-0.1, -0.05) is 29.8 Å². The second kappa shape index (κ2) is 6.40. The standard InChI is InChI=1S/C8H13Br3O2/c1-3-6(4-2)7(12)13-8(10,11)5-9/h6H,3-5H2,1-2H3. The normalized spacial score (nSPS) is 11.8. The van der Waals surface area contributed by atoms with Gasteiger partial charge in [0, 0.05) is 0 Å². The first kappa shape index (κ1) is 13.9. The Morgan fingerprint density at radius 2 is 1.85 bits per heavy atom. The molecular weight excluding hydrogens is 368 g/mol. The van der Waals surface area contributed by atoms with Crippen molar-refractivity contribution < 1.29 is 9.53 Å². The minimum absolute atomic E-state index is 0.00600. The Bertz CT molecular complexity index is 167. The van der Waals surface area contributed by atoms with Crippen LogP contribution < -0.4 is 0 Å². The molecular formula is C8H13Br3O2. The Hall–Kier alpha value is 0.910. The lowest BCUT2D eigenvalue weighted by Crippen LogP contribution is -2.27. The lowest BCUT2D eigenvalue weighted by Gasteiger charge is -2.21. The van der Waals surface area contributed by atoms with Gasteiger partial charge in [0.05, 0.1) is 11.2 Å². The number of rotatable bonds is 5. The maximum absolute atomic E-state index is 11.5. The Balaban J connectivity index is 4.13. The van der Waals surface area contributed by atoms with Crippen molar-refractivity contribution in [2.24, 2.45) is 5.92 Å². The third-order valence-corrected chi connectivity index (χ3v) is 4.90. The second-order valence-corrected chi connectivity index (χ2v) is 6.89. The van der Waals surface area contributed by atoms with E-state index in [9.17, 15) is 4.79 Å². The van der Waals surface area contributed by atoms with Crippen LogP contribution in [0.1, 0.15) is 26.7 Å². The summed E-state index contributed by atoms with van der Waals surface area (Å²) < 4.78 is 4.41. The molecule has 5 heteroatoms. The summed E-state index contributed by atoms with van der Waals surface area (Å²) in [6, 6.07) is 0. The molecule has 0 saturated heterocycles. The highest BCUT2D eigenvalue weighted by Crippen LogP contribution is 2.31. The van der Waals surface area contributed by atoms with Crippen molar-refractivity contribution in [2.75, 3.05) is 5.33 Å². The van der Waals surface area contributed by atoms with Crippen LogP contribution in [-0.2, 0) is 9.53 Å². The monoisotopic (exact) mass is 378 g/mol. The van der Waals surface area contributed by atoms with Crippen molar-refractivity contribution in [3.8, 4) is 0 Å². The van der Waals surface area contributed by atoms with E-state index in [-0.39, 0.29) is 11.9 Å². The van der Waals surface area contributed by atoms with Crippen LogP contribution in [0.25, 0.3) is 0 Å². The molecule has 0 atom stereocenters. The van der Waals surface area contributed by atoms with E-state index < -0.39 is 3.42 Å². The molecule has 0 N–H and O–H groups in total. The number of halogens is 3. The molecule has 0 rings (SSSR count). The summed E-state index contributed by atoms with van der Waals surface area (Å²) in [5.41, 5.74) is 0. The lowest BCUT2D eigenvalue weighted by atomic mass is 10.0. The van der Waals surface area contributed by atoms with Gasteiger partial charge in [-0.2, -0.15) is 0 Å². The van der Waals surface area contributed by atoms with E-state index in [1.807, 2.05) is 13.8 Å². The fraction of sp³-hybridized carbons (Fsp3) is 0.875. The first-order chi connectivity index (χ1) is 5.96. The predicted molar refractivity (Wildman–Crippen MR) is 64.5 cm³/mol. The SMILES string of the molecule is CCC(CC)C(=O)OC(Br)(Br)CBr. The molecule has 0 aliphatic carbocycles. The molecule has 78 valence electrons. The Labute approximate surface area is 104 Å². The van der Waals surface area contributed by atoms with E-state index in [4.69, 9.17) is 4.74 Å². The van der Waals surface area contributed by atoms with Crippen molar-refractivity contribution in [3.05, 3.63) is 0 Å². The van der Waals surface area contributed by atoms with E-state index >= 15 is 0 Å². The molecule has 2 nitrogen and oxygen atoms in total. The molecule has 0 aromatic heterocycles. The molecule has 0 aromatic carbocycles. The molecule has 0 fully saturated rings. The highest BCUT2D eigenvalue weighted by atomic mass is 79.9. The van der Waals surface area contributed by atoms with Gasteiger partial charge in [-0.05, 0) is 44.7 Å². The van der Waals surface area contributed by atoms with Crippen LogP contribution in [0.5, 0.6) is 0 Å². The van der Waals surface area contributed by atoms with Gasteiger partial charge in [-0.15, -0.1) is 0 Å². The fourth-order valence-corrected chi connectivity index (χ4v) is 1.31. The maximum atomic E-state index is 11.5. The number of esters is 1. The fourth-order valence-electron chi connectivity index (χ4n) is 0.880. The summed E-state index contributed by atoms with van der Waals surface area (Å²) in [5.74, 6) is -0.174. The molecule has 0 unspecified atom stereocenters. The molecule has 0 aromatic rings. The van der Waals surface area contributed by atoms with E-state index in [2.05, 4.69) is 47.8 Å². The average Bonchev–Trinajstić information content (AvgIpc) is 2.06. The molecule has 0 aliphatic heterocycles. The quantitative estimate of drug-likeness (QED) is 0.535. The van der Waals surface area contributed by atoms with Crippen LogP contribution in [0.15, 0.2) is 0 Å². The van der Waals surface area contributed by atoms with Gasteiger partial charge in [0.1, 0.15) is 0 Å².